The van der Waals surface area contributed by atoms with E-state index in [0.29, 0.717) is 18.6 Å². The van der Waals surface area contributed by atoms with Crippen molar-refractivity contribution in [2.75, 3.05) is 26.9 Å². The minimum atomic E-state index is 0.457. The largest absolute Gasteiger partial charge is 0.382 e. The van der Waals surface area contributed by atoms with E-state index in [4.69, 9.17) is 15.2 Å². The molecule has 3 heteroatoms. The Labute approximate surface area is 67.9 Å². The van der Waals surface area contributed by atoms with Crippen LogP contribution in [0.15, 0.2) is 0 Å². The minimum absolute atomic E-state index is 0.457. The molecule has 1 aliphatic carbocycles. The minimum Gasteiger partial charge on any atom is -0.382 e. The van der Waals surface area contributed by atoms with E-state index < -0.39 is 0 Å². The highest BCUT2D eigenvalue weighted by molar-refractivity contribution is 4.80. The van der Waals surface area contributed by atoms with Crippen LogP contribution in [-0.2, 0) is 9.47 Å². The topological polar surface area (TPSA) is 44.5 Å². The fourth-order valence-corrected chi connectivity index (χ4v) is 1.30. The van der Waals surface area contributed by atoms with E-state index in [1.807, 2.05) is 0 Å². The van der Waals surface area contributed by atoms with Gasteiger partial charge in [-0.15, -0.1) is 0 Å². The van der Waals surface area contributed by atoms with Gasteiger partial charge in [0.1, 0.15) is 0 Å². The van der Waals surface area contributed by atoms with Crippen molar-refractivity contribution in [3.8, 4) is 0 Å². The van der Waals surface area contributed by atoms with Crippen molar-refractivity contribution in [3.63, 3.8) is 0 Å². The Bertz CT molecular complexity index is 102. The quantitative estimate of drug-likeness (QED) is 0.590. The molecule has 2 N–H and O–H groups in total. The Morgan fingerprint density at radius 3 is 2.64 bits per heavy atom. The van der Waals surface area contributed by atoms with Gasteiger partial charge in [0, 0.05) is 7.11 Å². The van der Waals surface area contributed by atoms with E-state index >= 15 is 0 Å². The zero-order valence-corrected chi connectivity index (χ0v) is 7.08. The zero-order chi connectivity index (χ0) is 8.10. The smallest absolute Gasteiger partial charge is 0.0704 e. The average molecular weight is 159 g/mol. The van der Waals surface area contributed by atoms with Gasteiger partial charge in [-0.2, -0.15) is 0 Å². The Morgan fingerprint density at radius 2 is 2.09 bits per heavy atom. The van der Waals surface area contributed by atoms with Crippen LogP contribution in [0.5, 0.6) is 0 Å². The Hall–Kier alpha value is -0.120. The summed E-state index contributed by atoms with van der Waals surface area (Å²) in [6.07, 6.45) is 2.74. The SMILES string of the molecule is COCCOC1CC(CN)C1. The molecule has 11 heavy (non-hydrogen) atoms. The molecule has 0 aromatic carbocycles. The summed E-state index contributed by atoms with van der Waals surface area (Å²) in [6.45, 7) is 2.23. The molecule has 0 aromatic heterocycles. The summed E-state index contributed by atoms with van der Waals surface area (Å²) in [5, 5.41) is 0. The molecule has 1 saturated carbocycles. The van der Waals surface area contributed by atoms with Crippen LogP contribution in [0.4, 0.5) is 0 Å². The van der Waals surface area contributed by atoms with Crippen molar-refractivity contribution in [1.29, 1.82) is 0 Å². The number of rotatable bonds is 5. The van der Waals surface area contributed by atoms with Crippen LogP contribution in [0.2, 0.25) is 0 Å². The summed E-state index contributed by atoms with van der Waals surface area (Å²) in [4.78, 5) is 0. The lowest BCUT2D eigenvalue weighted by Crippen LogP contribution is -2.36. The molecule has 1 rings (SSSR count). The molecule has 0 aromatic rings. The number of hydrogen-bond donors (Lipinski definition) is 1. The number of hydrogen-bond acceptors (Lipinski definition) is 3. The summed E-state index contributed by atoms with van der Waals surface area (Å²) in [6, 6.07) is 0. The summed E-state index contributed by atoms with van der Waals surface area (Å²) in [7, 11) is 1.69. The summed E-state index contributed by atoms with van der Waals surface area (Å²) < 4.78 is 10.3. The maximum atomic E-state index is 5.47. The molecule has 66 valence electrons. The maximum absolute atomic E-state index is 5.47. The van der Waals surface area contributed by atoms with Crippen molar-refractivity contribution in [2.45, 2.75) is 18.9 Å². The number of nitrogens with two attached hydrogens (primary N) is 1. The van der Waals surface area contributed by atoms with E-state index in [1.165, 1.54) is 0 Å². The summed E-state index contributed by atoms with van der Waals surface area (Å²) in [5.41, 5.74) is 5.47. The highest BCUT2D eigenvalue weighted by Crippen LogP contribution is 2.28. The third-order valence-corrected chi connectivity index (χ3v) is 2.17. The van der Waals surface area contributed by atoms with E-state index in [-0.39, 0.29) is 0 Å². The lowest BCUT2D eigenvalue weighted by atomic mass is 9.82. The summed E-state index contributed by atoms with van der Waals surface area (Å²) >= 11 is 0. The van der Waals surface area contributed by atoms with Crippen LogP contribution in [-0.4, -0.2) is 33.0 Å². The lowest BCUT2D eigenvalue weighted by Gasteiger charge is -2.34. The molecule has 0 amide bonds. The molecule has 1 fully saturated rings. The second kappa shape index (κ2) is 4.70. The van der Waals surface area contributed by atoms with Gasteiger partial charge in [-0.1, -0.05) is 0 Å². The monoisotopic (exact) mass is 159 g/mol. The van der Waals surface area contributed by atoms with Crippen LogP contribution in [0.25, 0.3) is 0 Å². The fraction of sp³-hybridized carbons (Fsp3) is 1.00. The zero-order valence-electron chi connectivity index (χ0n) is 7.08. The third-order valence-electron chi connectivity index (χ3n) is 2.17. The van der Waals surface area contributed by atoms with E-state index in [0.717, 1.165) is 26.0 Å². The molecule has 0 bridgehead atoms. The molecular formula is C8H17NO2. The van der Waals surface area contributed by atoms with Crippen LogP contribution < -0.4 is 5.73 Å². The number of ether oxygens (including phenoxy) is 2. The van der Waals surface area contributed by atoms with Gasteiger partial charge < -0.3 is 15.2 Å². The molecule has 0 aliphatic heterocycles. The van der Waals surface area contributed by atoms with Crippen molar-refractivity contribution in [1.82, 2.24) is 0 Å². The molecule has 1 aliphatic rings. The van der Waals surface area contributed by atoms with Gasteiger partial charge in [0.25, 0.3) is 0 Å². The summed E-state index contributed by atoms with van der Waals surface area (Å²) in [5.74, 6) is 0.711. The Kier molecular flexibility index (Phi) is 3.83. The van der Waals surface area contributed by atoms with Crippen molar-refractivity contribution in [3.05, 3.63) is 0 Å². The molecule has 0 saturated heterocycles. The molecule has 0 atom stereocenters. The van der Waals surface area contributed by atoms with Gasteiger partial charge >= 0.3 is 0 Å². The maximum Gasteiger partial charge on any atom is 0.0704 e. The van der Waals surface area contributed by atoms with Gasteiger partial charge in [-0.25, -0.2) is 0 Å². The predicted molar refractivity (Wildman–Crippen MR) is 43.4 cm³/mol. The molecule has 0 unspecified atom stereocenters. The second-order valence-electron chi connectivity index (χ2n) is 3.06. The molecule has 3 nitrogen and oxygen atoms in total. The lowest BCUT2D eigenvalue weighted by molar-refractivity contribution is -0.0451. The van der Waals surface area contributed by atoms with Gasteiger partial charge in [-0.05, 0) is 25.3 Å². The first-order valence-electron chi connectivity index (χ1n) is 4.17. The van der Waals surface area contributed by atoms with E-state index in [9.17, 15) is 0 Å². The van der Waals surface area contributed by atoms with Gasteiger partial charge in [-0.3, -0.25) is 0 Å². The molecule has 0 spiro atoms. The van der Waals surface area contributed by atoms with Crippen LogP contribution in [0.3, 0.4) is 0 Å². The molecule has 0 radical (unpaired) electrons. The molecular weight excluding hydrogens is 142 g/mol. The van der Waals surface area contributed by atoms with Crippen molar-refractivity contribution in [2.24, 2.45) is 11.7 Å². The van der Waals surface area contributed by atoms with Crippen LogP contribution in [0, 0.1) is 5.92 Å². The number of methoxy groups -OCH3 is 1. The first kappa shape index (κ1) is 8.97. The molecule has 0 heterocycles. The fourth-order valence-electron chi connectivity index (χ4n) is 1.30. The standard InChI is InChI=1S/C8H17NO2/c1-10-2-3-11-8-4-7(5-8)6-9/h7-8H,2-6,9H2,1H3. The normalized spacial score (nSPS) is 30.0. The highest BCUT2D eigenvalue weighted by atomic mass is 16.5. The predicted octanol–water partition coefficient (Wildman–Crippen LogP) is 0.387. The van der Waals surface area contributed by atoms with Gasteiger partial charge in [0.15, 0.2) is 0 Å². The van der Waals surface area contributed by atoms with Crippen molar-refractivity contribution < 1.29 is 9.47 Å². The van der Waals surface area contributed by atoms with E-state index in [2.05, 4.69) is 0 Å². The first-order valence-corrected chi connectivity index (χ1v) is 4.17. The van der Waals surface area contributed by atoms with Gasteiger partial charge in [0.2, 0.25) is 0 Å². The van der Waals surface area contributed by atoms with E-state index in [1.54, 1.807) is 7.11 Å². The Morgan fingerprint density at radius 1 is 1.36 bits per heavy atom. The van der Waals surface area contributed by atoms with Crippen LogP contribution >= 0.6 is 0 Å². The van der Waals surface area contributed by atoms with Crippen molar-refractivity contribution >= 4 is 0 Å². The second-order valence-corrected chi connectivity index (χ2v) is 3.06. The first-order chi connectivity index (χ1) is 5.36. The highest BCUT2D eigenvalue weighted by Gasteiger charge is 2.28. The Balaban J connectivity index is 1.88. The average Bonchev–Trinajstić information content (AvgIpc) is 1.94. The van der Waals surface area contributed by atoms with Gasteiger partial charge in [0.05, 0.1) is 19.3 Å². The third kappa shape index (κ3) is 2.77. The van der Waals surface area contributed by atoms with Crippen LogP contribution in [0.1, 0.15) is 12.8 Å².